The van der Waals surface area contributed by atoms with Crippen LogP contribution in [0.15, 0.2) is 112 Å². The second kappa shape index (κ2) is 15.8. The van der Waals surface area contributed by atoms with E-state index >= 15 is 0 Å². The molecular weight excluding hydrogens is 984 g/mol. The zero-order chi connectivity index (χ0) is 57.0. The molecule has 5 heteroatoms. The number of para-hydroxylation sites is 1. The van der Waals surface area contributed by atoms with Crippen LogP contribution in [0.4, 0.5) is 28.4 Å². The van der Waals surface area contributed by atoms with Crippen LogP contribution >= 0.6 is 0 Å². The highest BCUT2D eigenvalue weighted by Crippen LogP contribution is 2.61. The molecule has 81 heavy (non-hydrogen) atoms. The van der Waals surface area contributed by atoms with Gasteiger partial charge in [0.05, 0.1) is 5.69 Å². The molecule has 0 fully saturated rings. The van der Waals surface area contributed by atoms with Crippen molar-refractivity contribution in [2.24, 2.45) is 0 Å². The van der Waals surface area contributed by atoms with Gasteiger partial charge in [0.15, 0.2) is 0 Å². The normalized spacial score (nSPS) is 20.5. The summed E-state index contributed by atoms with van der Waals surface area (Å²) in [7, 11) is 0. The van der Waals surface area contributed by atoms with Crippen LogP contribution in [-0.2, 0) is 43.3 Å². The Balaban J connectivity index is 1.12. The van der Waals surface area contributed by atoms with Crippen molar-refractivity contribution < 1.29 is 8.83 Å². The smallest absolute Gasteiger partial charge is 0.376 e. The first-order chi connectivity index (χ1) is 37.9. The molecule has 7 aromatic carbocycles. The van der Waals surface area contributed by atoms with Gasteiger partial charge in [0.1, 0.15) is 22.4 Å². The fourth-order valence-electron chi connectivity index (χ4n) is 16.6. The number of fused-ring (bicyclic) bond motifs is 16. The average Bonchev–Trinajstić information content (AvgIpc) is 3.19. The lowest BCUT2D eigenvalue weighted by atomic mass is 9.45. The van der Waals surface area contributed by atoms with Gasteiger partial charge in [-0.3, -0.25) is 0 Å². The molecule has 0 spiro atoms. The molecule has 9 aromatic rings. The summed E-state index contributed by atoms with van der Waals surface area (Å²) < 4.78 is 15.3. The first kappa shape index (κ1) is 51.4. The molecule has 4 aliphatic carbocycles. The van der Waals surface area contributed by atoms with Crippen molar-refractivity contribution in [1.82, 2.24) is 0 Å². The number of furan rings is 2. The molecule has 0 unspecified atom stereocenters. The van der Waals surface area contributed by atoms with Crippen molar-refractivity contribution in [2.75, 3.05) is 9.71 Å². The van der Waals surface area contributed by atoms with Crippen LogP contribution in [0.25, 0.3) is 55.2 Å². The van der Waals surface area contributed by atoms with Crippen LogP contribution in [0.5, 0.6) is 0 Å². The summed E-state index contributed by atoms with van der Waals surface area (Å²) in [6.07, 6.45) is 6.93. The van der Waals surface area contributed by atoms with E-state index < -0.39 is 0 Å². The molecule has 0 amide bonds. The van der Waals surface area contributed by atoms with Crippen molar-refractivity contribution in [3.05, 3.63) is 159 Å². The lowest BCUT2D eigenvalue weighted by Gasteiger charge is -2.46. The molecule has 0 atom stereocenters. The first-order valence-electron chi connectivity index (χ1n) is 30.7. The Kier molecular flexibility index (Phi) is 10.0. The maximum Gasteiger partial charge on any atom is 0.376 e. The van der Waals surface area contributed by atoms with Gasteiger partial charge in [-0.2, -0.15) is 0 Å². The van der Waals surface area contributed by atoms with Crippen molar-refractivity contribution in [3.63, 3.8) is 0 Å². The van der Waals surface area contributed by atoms with E-state index in [2.05, 4.69) is 237 Å². The van der Waals surface area contributed by atoms with E-state index in [1.807, 2.05) is 0 Å². The maximum atomic E-state index is 7.93. The van der Waals surface area contributed by atoms with E-state index in [0.717, 1.165) is 70.2 Å². The Labute approximate surface area is 482 Å². The molecule has 0 saturated carbocycles. The highest BCUT2D eigenvalue weighted by atomic mass is 16.3. The van der Waals surface area contributed by atoms with Crippen LogP contribution in [0.3, 0.4) is 0 Å². The highest BCUT2D eigenvalue weighted by molar-refractivity contribution is 6.93. The van der Waals surface area contributed by atoms with Gasteiger partial charge >= 0.3 is 6.85 Å². The molecule has 0 N–H and O–H groups in total. The van der Waals surface area contributed by atoms with Gasteiger partial charge in [-0.1, -0.05) is 160 Å². The molecule has 0 radical (unpaired) electrons. The lowest BCUT2D eigenvalue weighted by Crippen LogP contribution is -2.61. The second-order valence-corrected chi connectivity index (χ2v) is 31.7. The predicted octanol–water partition coefficient (Wildman–Crippen LogP) is 20.0. The van der Waals surface area contributed by atoms with Crippen molar-refractivity contribution >= 4 is 79.3 Å². The molecule has 4 heterocycles. The summed E-state index contributed by atoms with van der Waals surface area (Å²) in [6, 6.07) is 41.5. The Morgan fingerprint density at radius 1 is 0.444 bits per heavy atom. The minimum atomic E-state index is -0.343. The van der Waals surface area contributed by atoms with Gasteiger partial charge in [-0.05, 0) is 216 Å². The van der Waals surface area contributed by atoms with Gasteiger partial charge in [-0.15, -0.1) is 0 Å². The second-order valence-electron chi connectivity index (χ2n) is 31.7. The van der Waals surface area contributed by atoms with Gasteiger partial charge in [0.25, 0.3) is 0 Å². The highest BCUT2D eigenvalue weighted by Gasteiger charge is 2.53. The maximum absolute atomic E-state index is 7.93. The third-order valence-corrected chi connectivity index (χ3v) is 22.3. The molecule has 2 aromatic heterocycles. The summed E-state index contributed by atoms with van der Waals surface area (Å²) in [5.41, 5.74) is 30.2. The third kappa shape index (κ3) is 6.90. The van der Waals surface area contributed by atoms with Crippen LogP contribution in [0.2, 0.25) is 0 Å². The van der Waals surface area contributed by atoms with Crippen LogP contribution in [-0.4, -0.2) is 6.85 Å². The van der Waals surface area contributed by atoms with E-state index in [4.69, 9.17) is 8.83 Å². The summed E-state index contributed by atoms with van der Waals surface area (Å²) in [4.78, 5) is 5.38. The van der Waals surface area contributed by atoms with E-state index in [1.165, 1.54) is 119 Å². The number of anilines is 5. The summed E-state index contributed by atoms with van der Waals surface area (Å²) >= 11 is 0. The predicted molar refractivity (Wildman–Crippen MR) is 344 cm³/mol. The quantitative estimate of drug-likeness (QED) is 0.162. The molecule has 4 nitrogen and oxygen atoms in total. The molecule has 15 rings (SSSR count). The molecular formula is C76H83BN2O2. The Morgan fingerprint density at radius 3 is 1.58 bits per heavy atom. The van der Waals surface area contributed by atoms with E-state index in [0.29, 0.717) is 0 Å². The van der Waals surface area contributed by atoms with Crippen molar-refractivity contribution in [3.8, 4) is 22.3 Å². The monoisotopic (exact) mass is 1070 g/mol. The van der Waals surface area contributed by atoms with Crippen LogP contribution in [0.1, 0.15) is 212 Å². The number of aryl methyl sites for hydroxylation is 1. The van der Waals surface area contributed by atoms with E-state index in [-0.39, 0.29) is 50.2 Å². The summed E-state index contributed by atoms with van der Waals surface area (Å²) in [6.45, 7) is 43.5. The minimum Gasteiger partial charge on any atom is -0.466 e. The molecule has 0 saturated heterocycles. The standard InChI is InChI=1S/C76H83BN2O2/c1-42-33-53-57(74(13,14)31-27-70(53,5)6)40-59(42)78-61-37-48-45-21-19-20-22-62(45)80-67(48)64-49-34-46-47-35-54-56(73(11,12)30-28-71(54,7)8)38-51(47)76(17,18)52(46)39-60(49)79(44-25-23-43(24-26-44)69(2,3)4)77(65(61)64)68-66(78)50-36-55-58(41-63(50)81-68)75(15,16)32-29-72(55,9)10/h19-26,33-41H,27-32H2,1-18H3. The fraction of sp³-hybridized carbons (Fsp3) is 0.421. The largest absolute Gasteiger partial charge is 0.466 e. The Hall–Kier alpha value is -6.46. The summed E-state index contributed by atoms with van der Waals surface area (Å²) in [5.74, 6) is 0. The number of hydrogen-bond acceptors (Lipinski definition) is 4. The Morgan fingerprint density at radius 2 is 0.963 bits per heavy atom. The SMILES string of the molecule is Cc1cc2c(cc1N1c3cc4c(oc5ccccc54)c4c3B(c3oc5cc6c(cc5c31)C(C)(C)CCC6(C)C)N(c1ccc(C(C)(C)C)cc1)c1cc3c(cc1-4)-c1cc4c(cc1C3(C)C)C(C)(C)CCC4(C)C)C(C)(C)CCC2(C)C. The Bertz CT molecular complexity index is 4270. The average molecular weight is 1070 g/mol. The van der Waals surface area contributed by atoms with Crippen molar-refractivity contribution in [1.29, 1.82) is 0 Å². The van der Waals surface area contributed by atoms with Gasteiger partial charge in [0.2, 0.25) is 0 Å². The lowest BCUT2D eigenvalue weighted by molar-refractivity contribution is 0.331. The minimum absolute atomic E-state index is 0.00130. The first-order valence-corrected chi connectivity index (χ1v) is 30.7. The number of benzene rings is 7. The molecule has 0 bridgehead atoms. The number of nitrogens with zero attached hydrogens (tertiary/aromatic N) is 2. The van der Waals surface area contributed by atoms with Crippen LogP contribution < -0.4 is 20.8 Å². The molecule has 2 aliphatic heterocycles. The topological polar surface area (TPSA) is 32.8 Å². The van der Waals surface area contributed by atoms with Crippen molar-refractivity contribution in [2.45, 2.75) is 206 Å². The zero-order valence-corrected chi connectivity index (χ0v) is 51.8. The fourth-order valence-corrected chi connectivity index (χ4v) is 16.6. The molecule has 412 valence electrons. The van der Waals surface area contributed by atoms with E-state index in [9.17, 15) is 0 Å². The third-order valence-electron chi connectivity index (χ3n) is 22.3. The zero-order valence-electron chi connectivity index (χ0n) is 51.8. The van der Waals surface area contributed by atoms with Gasteiger partial charge in [0, 0.05) is 55.5 Å². The number of hydrogen-bond donors (Lipinski definition) is 0. The molecule has 6 aliphatic rings. The van der Waals surface area contributed by atoms with Gasteiger partial charge < -0.3 is 18.5 Å². The van der Waals surface area contributed by atoms with Crippen LogP contribution in [0, 0.1) is 6.92 Å². The number of rotatable bonds is 2. The summed E-state index contributed by atoms with van der Waals surface area (Å²) in [5, 5.41) is 3.47. The van der Waals surface area contributed by atoms with Gasteiger partial charge in [-0.25, -0.2) is 0 Å². The van der Waals surface area contributed by atoms with E-state index in [1.54, 1.807) is 0 Å².